The van der Waals surface area contributed by atoms with Crippen molar-refractivity contribution in [3.63, 3.8) is 0 Å². The van der Waals surface area contributed by atoms with Gasteiger partial charge in [0, 0.05) is 18.5 Å². The van der Waals surface area contributed by atoms with E-state index in [1.807, 2.05) is 0 Å². The Bertz CT molecular complexity index is 568. The molecule has 1 unspecified atom stereocenters. The fourth-order valence-electron chi connectivity index (χ4n) is 2.33. The van der Waals surface area contributed by atoms with Crippen molar-refractivity contribution in [1.82, 2.24) is 15.3 Å². The van der Waals surface area contributed by atoms with Crippen LogP contribution in [0.1, 0.15) is 24.6 Å². The number of aromatic nitrogens is 2. The fourth-order valence-corrected chi connectivity index (χ4v) is 2.33. The van der Waals surface area contributed by atoms with E-state index in [0.717, 1.165) is 31.8 Å². The average molecular weight is 273 g/mol. The monoisotopic (exact) mass is 273 g/mol. The third-order valence-electron chi connectivity index (χ3n) is 3.34. The lowest BCUT2D eigenvalue weighted by Crippen LogP contribution is -2.29. The number of benzene rings is 1. The molecule has 0 bridgehead atoms. The van der Waals surface area contributed by atoms with E-state index in [2.05, 4.69) is 15.3 Å². The normalized spacial score (nSPS) is 18.8. The smallest absolute Gasteiger partial charge is 0.164 e. The fraction of sp³-hybridized carbons (Fsp3) is 0.333. The summed E-state index contributed by atoms with van der Waals surface area (Å²) >= 11 is 0. The Kier molecular flexibility index (Phi) is 3.87. The minimum Gasteiger partial charge on any atom is -0.454 e. The maximum atomic E-state index is 13.1. The van der Waals surface area contributed by atoms with E-state index >= 15 is 0 Å². The predicted octanol–water partition coefficient (Wildman–Crippen LogP) is 2.88. The van der Waals surface area contributed by atoms with Crippen LogP contribution in [0.3, 0.4) is 0 Å². The Morgan fingerprint density at radius 1 is 1.20 bits per heavy atom. The predicted molar refractivity (Wildman–Crippen MR) is 73.4 cm³/mol. The second-order valence-electron chi connectivity index (χ2n) is 4.88. The summed E-state index contributed by atoms with van der Waals surface area (Å²) in [7, 11) is 0. The maximum absolute atomic E-state index is 13.1. The van der Waals surface area contributed by atoms with Crippen LogP contribution >= 0.6 is 0 Å². The zero-order chi connectivity index (χ0) is 13.8. The van der Waals surface area contributed by atoms with Crippen molar-refractivity contribution in [3.8, 4) is 11.5 Å². The van der Waals surface area contributed by atoms with Gasteiger partial charge >= 0.3 is 0 Å². The summed E-state index contributed by atoms with van der Waals surface area (Å²) in [6.07, 6.45) is 5.54. The number of nitrogens with one attached hydrogen (secondary N) is 1. The molecule has 5 heteroatoms. The van der Waals surface area contributed by atoms with E-state index in [-0.39, 0.29) is 5.82 Å². The molecule has 0 amide bonds. The highest BCUT2D eigenvalue weighted by Crippen LogP contribution is 2.23. The van der Waals surface area contributed by atoms with Crippen LogP contribution in [0.2, 0.25) is 0 Å². The highest BCUT2D eigenvalue weighted by Gasteiger charge is 2.17. The van der Waals surface area contributed by atoms with Gasteiger partial charge in [0.15, 0.2) is 5.75 Å². The van der Waals surface area contributed by atoms with Gasteiger partial charge in [-0.2, -0.15) is 0 Å². The number of nitrogens with zero attached hydrogens (tertiary/aromatic N) is 2. The van der Waals surface area contributed by atoms with Crippen LogP contribution in [0, 0.1) is 5.82 Å². The molecule has 1 aromatic carbocycles. The molecule has 2 aromatic rings. The van der Waals surface area contributed by atoms with Gasteiger partial charge in [0.1, 0.15) is 17.4 Å². The first-order valence-corrected chi connectivity index (χ1v) is 6.77. The van der Waals surface area contributed by atoms with E-state index in [0.29, 0.717) is 17.4 Å². The first-order valence-electron chi connectivity index (χ1n) is 6.77. The second-order valence-corrected chi connectivity index (χ2v) is 4.88. The van der Waals surface area contributed by atoms with Crippen LogP contribution in [0.25, 0.3) is 0 Å². The lowest BCUT2D eigenvalue weighted by molar-refractivity contribution is 0.439. The number of hydrogen-bond donors (Lipinski definition) is 1. The Labute approximate surface area is 117 Å². The van der Waals surface area contributed by atoms with Crippen molar-refractivity contribution in [2.75, 3.05) is 13.1 Å². The number of halogens is 1. The molecule has 1 N–H and O–H groups in total. The summed E-state index contributed by atoms with van der Waals surface area (Å²) < 4.78 is 18.6. The Hall–Kier alpha value is -2.01. The first-order chi connectivity index (χ1) is 9.81. The summed E-state index contributed by atoms with van der Waals surface area (Å²) in [6, 6.07) is 6.01. The van der Waals surface area contributed by atoms with Gasteiger partial charge in [-0.15, -0.1) is 0 Å². The van der Waals surface area contributed by atoms with Gasteiger partial charge < -0.3 is 10.1 Å². The molecule has 0 spiro atoms. The molecule has 1 saturated heterocycles. The molecular weight excluding hydrogens is 257 g/mol. The van der Waals surface area contributed by atoms with Crippen molar-refractivity contribution >= 4 is 0 Å². The average Bonchev–Trinajstić information content (AvgIpc) is 2.49. The summed E-state index contributed by atoms with van der Waals surface area (Å²) in [6.45, 7) is 1.99. The van der Waals surface area contributed by atoms with Gasteiger partial charge in [0.2, 0.25) is 0 Å². The van der Waals surface area contributed by atoms with E-state index in [1.54, 1.807) is 24.5 Å². The molecule has 1 fully saturated rings. The quantitative estimate of drug-likeness (QED) is 0.934. The molecule has 0 aliphatic carbocycles. The second kappa shape index (κ2) is 5.96. The van der Waals surface area contributed by atoms with Crippen LogP contribution < -0.4 is 10.1 Å². The van der Waals surface area contributed by atoms with Gasteiger partial charge in [0.25, 0.3) is 0 Å². The summed E-state index contributed by atoms with van der Waals surface area (Å²) in [5.41, 5.74) is 0. The van der Waals surface area contributed by atoms with Gasteiger partial charge in [-0.25, -0.2) is 14.4 Å². The molecule has 104 valence electrons. The molecule has 1 aromatic heterocycles. The lowest BCUT2D eigenvalue weighted by atomic mass is 9.99. The van der Waals surface area contributed by atoms with Crippen molar-refractivity contribution in [1.29, 1.82) is 0 Å². The number of rotatable bonds is 3. The Morgan fingerprint density at radius 3 is 2.75 bits per heavy atom. The molecule has 1 aliphatic rings. The molecule has 1 aliphatic heterocycles. The van der Waals surface area contributed by atoms with E-state index < -0.39 is 0 Å². The SMILES string of the molecule is Fc1cccc(Oc2cnc(C3CCCNC3)nc2)c1. The molecule has 4 nitrogen and oxygen atoms in total. The lowest BCUT2D eigenvalue weighted by Gasteiger charge is -2.21. The van der Waals surface area contributed by atoms with E-state index in [9.17, 15) is 4.39 Å². The highest BCUT2D eigenvalue weighted by atomic mass is 19.1. The van der Waals surface area contributed by atoms with E-state index in [1.165, 1.54) is 12.1 Å². The van der Waals surface area contributed by atoms with Crippen molar-refractivity contribution in [2.24, 2.45) is 0 Å². The minimum absolute atomic E-state index is 0.326. The standard InChI is InChI=1S/C15H16FN3O/c16-12-4-1-5-13(7-12)20-14-9-18-15(19-10-14)11-3-2-6-17-8-11/h1,4-5,7,9-11,17H,2-3,6,8H2. The van der Waals surface area contributed by atoms with Crippen LogP contribution in [-0.4, -0.2) is 23.1 Å². The molecule has 2 heterocycles. The number of hydrogen-bond acceptors (Lipinski definition) is 4. The van der Waals surface area contributed by atoms with Crippen LogP contribution in [0.5, 0.6) is 11.5 Å². The third kappa shape index (κ3) is 3.11. The van der Waals surface area contributed by atoms with Crippen molar-refractivity contribution in [3.05, 3.63) is 48.3 Å². The maximum Gasteiger partial charge on any atom is 0.164 e. The molecular formula is C15H16FN3O. The highest BCUT2D eigenvalue weighted by molar-refractivity contribution is 5.28. The summed E-state index contributed by atoms with van der Waals surface area (Å²) in [5.74, 6) is 1.84. The van der Waals surface area contributed by atoms with Crippen LogP contribution in [-0.2, 0) is 0 Å². The molecule has 0 saturated carbocycles. The van der Waals surface area contributed by atoms with Crippen molar-refractivity contribution in [2.45, 2.75) is 18.8 Å². The molecule has 3 rings (SSSR count). The van der Waals surface area contributed by atoms with Crippen LogP contribution in [0.15, 0.2) is 36.7 Å². The van der Waals surface area contributed by atoms with Crippen molar-refractivity contribution < 1.29 is 9.13 Å². The summed E-state index contributed by atoms with van der Waals surface area (Å²) in [4.78, 5) is 8.70. The molecule has 1 atom stereocenters. The molecule has 0 radical (unpaired) electrons. The van der Waals surface area contributed by atoms with Gasteiger partial charge in [-0.3, -0.25) is 0 Å². The van der Waals surface area contributed by atoms with Gasteiger partial charge in [-0.1, -0.05) is 6.07 Å². The van der Waals surface area contributed by atoms with Gasteiger partial charge in [-0.05, 0) is 31.5 Å². The first kappa shape index (κ1) is 13.0. The largest absolute Gasteiger partial charge is 0.454 e. The Balaban J connectivity index is 1.69. The van der Waals surface area contributed by atoms with Crippen LogP contribution in [0.4, 0.5) is 4.39 Å². The van der Waals surface area contributed by atoms with Gasteiger partial charge in [0.05, 0.1) is 12.4 Å². The Morgan fingerprint density at radius 2 is 2.05 bits per heavy atom. The number of ether oxygens (including phenoxy) is 1. The minimum atomic E-state index is -0.326. The topological polar surface area (TPSA) is 47.0 Å². The third-order valence-corrected chi connectivity index (χ3v) is 3.34. The number of piperidine rings is 1. The zero-order valence-electron chi connectivity index (χ0n) is 11.1. The summed E-state index contributed by atoms with van der Waals surface area (Å²) in [5, 5.41) is 3.34. The van der Waals surface area contributed by atoms with E-state index in [4.69, 9.17) is 4.74 Å². The zero-order valence-corrected chi connectivity index (χ0v) is 11.1. The molecule has 20 heavy (non-hydrogen) atoms.